The number of rotatable bonds is 5. The molecule has 0 radical (unpaired) electrons. The maximum absolute atomic E-state index is 12.0. The molecule has 2 aromatic carbocycles. The highest BCUT2D eigenvalue weighted by atomic mass is 16.5. The first-order valence-electron chi connectivity index (χ1n) is 6.88. The molecule has 0 heterocycles. The van der Waals surface area contributed by atoms with E-state index in [0.717, 1.165) is 5.56 Å². The molecule has 0 aliphatic rings. The summed E-state index contributed by atoms with van der Waals surface area (Å²) in [6, 6.07) is 18.9. The lowest BCUT2D eigenvalue weighted by molar-refractivity contribution is -0.138. The molecule has 0 aliphatic carbocycles. The van der Waals surface area contributed by atoms with Gasteiger partial charge in [0.25, 0.3) is 0 Å². The summed E-state index contributed by atoms with van der Waals surface area (Å²) in [5.41, 5.74) is 1.29. The molecular weight excluding hydrogens is 264 g/mol. The van der Waals surface area contributed by atoms with E-state index < -0.39 is 0 Å². The van der Waals surface area contributed by atoms with Crippen molar-refractivity contribution in [2.75, 3.05) is 6.61 Å². The Morgan fingerprint density at radius 1 is 0.952 bits per heavy atom. The van der Waals surface area contributed by atoms with Gasteiger partial charge in [0, 0.05) is 5.56 Å². The van der Waals surface area contributed by atoms with Crippen LogP contribution in [0.15, 0.2) is 66.2 Å². The van der Waals surface area contributed by atoms with Crippen molar-refractivity contribution in [2.45, 2.75) is 13.8 Å². The summed E-state index contributed by atoms with van der Waals surface area (Å²) in [6.07, 6.45) is 0. The molecule has 3 nitrogen and oxygen atoms in total. The van der Waals surface area contributed by atoms with Crippen LogP contribution in [0.4, 0.5) is 0 Å². The molecule has 2 aromatic rings. The van der Waals surface area contributed by atoms with Crippen molar-refractivity contribution in [3.63, 3.8) is 0 Å². The van der Waals surface area contributed by atoms with E-state index in [0.29, 0.717) is 23.7 Å². The second kappa shape index (κ2) is 7.29. The van der Waals surface area contributed by atoms with Gasteiger partial charge in [-0.05, 0) is 26.0 Å². The van der Waals surface area contributed by atoms with Crippen molar-refractivity contribution in [1.29, 1.82) is 0 Å². The van der Waals surface area contributed by atoms with E-state index in [4.69, 9.17) is 9.47 Å². The molecule has 0 aliphatic heterocycles. The zero-order valence-electron chi connectivity index (χ0n) is 12.2. The molecule has 0 spiro atoms. The average Bonchev–Trinajstić information content (AvgIpc) is 2.54. The fourth-order valence-electron chi connectivity index (χ4n) is 1.88. The van der Waals surface area contributed by atoms with E-state index >= 15 is 0 Å². The van der Waals surface area contributed by atoms with Crippen LogP contribution in [0.1, 0.15) is 19.4 Å². The van der Waals surface area contributed by atoms with Crippen LogP contribution < -0.4 is 4.74 Å². The highest BCUT2D eigenvalue weighted by Gasteiger charge is 2.16. The number of benzene rings is 2. The lowest BCUT2D eigenvalue weighted by atomic mass is 10.1. The standard InChI is InChI=1S/C18H18O3/c1-3-20-18(19)14(2)17(15-10-6-4-7-11-15)21-16-12-8-5-9-13-16/h4-13H,3H2,1-2H3/b17-14-. The summed E-state index contributed by atoms with van der Waals surface area (Å²) in [7, 11) is 0. The van der Waals surface area contributed by atoms with Gasteiger partial charge in [-0.2, -0.15) is 0 Å². The van der Waals surface area contributed by atoms with Crippen LogP contribution in [0, 0.1) is 0 Å². The van der Waals surface area contributed by atoms with E-state index in [9.17, 15) is 4.79 Å². The number of hydrogen-bond acceptors (Lipinski definition) is 3. The Hall–Kier alpha value is -2.55. The molecule has 0 N–H and O–H groups in total. The van der Waals surface area contributed by atoms with E-state index in [1.165, 1.54) is 0 Å². The molecule has 108 valence electrons. The Balaban J connectivity index is 2.40. The normalized spacial score (nSPS) is 11.5. The highest BCUT2D eigenvalue weighted by Crippen LogP contribution is 2.24. The summed E-state index contributed by atoms with van der Waals surface area (Å²) in [5, 5.41) is 0. The fourth-order valence-corrected chi connectivity index (χ4v) is 1.88. The van der Waals surface area contributed by atoms with Gasteiger partial charge in [-0.25, -0.2) is 4.79 Å². The number of para-hydroxylation sites is 1. The number of hydrogen-bond donors (Lipinski definition) is 0. The Kier molecular flexibility index (Phi) is 5.16. The van der Waals surface area contributed by atoms with Crippen LogP contribution in [-0.2, 0) is 9.53 Å². The molecule has 0 bridgehead atoms. The zero-order chi connectivity index (χ0) is 15.1. The minimum atomic E-state index is -0.368. The number of esters is 1. The minimum Gasteiger partial charge on any atom is -0.463 e. The van der Waals surface area contributed by atoms with E-state index in [1.54, 1.807) is 13.8 Å². The van der Waals surface area contributed by atoms with Gasteiger partial charge in [-0.3, -0.25) is 0 Å². The summed E-state index contributed by atoms with van der Waals surface area (Å²) < 4.78 is 11.0. The maximum atomic E-state index is 12.0. The summed E-state index contributed by atoms with van der Waals surface area (Å²) in [6.45, 7) is 3.83. The first-order valence-corrected chi connectivity index (χ1v) is 6.88. The third-order valence-corrected chi connectivity index (χ3v) is 2.92. The van der Waals surface area contributed by atoms with Crippen molar-refractivity contribution in [1.82, 2.24) is 0 Å². The zero-order valence-corrected chi connectivity index (χ0v) is 12.2. The van der Waals surface area contributed by atoms with Crippen LogP contribution in [0.5, 0.6) is 5.75 Å². The van der Waals surface area contributed by atoms with Crippen molar-refractivity contribution in [2.24, 2.45) is 0 Å². The smallest absolute Gasteiger partial charge is 0.337 e. The van der Waals surface area contributed by atoms with Gasteiger partial charge in [-0.15, -0.1) is 0 Å². The van der Waals surface area contributed by atoms with Crippen LogP contribution in [0.3, 0.4) is 0 Å². The number of ether oxygens (including phenoxy) is 2. The van der Waals surface area contributed by atoms with Crippen LogP contribution in [0.25, 0.3) is 5.76 Å². The molecule has 0 saturated heterocycles. The summed E-state index contributed by atoms with van der Waals surface area (Å²) in [4.78, 5) is 12.0. The third kappa shape index (κ3) is 3.96. The average molecular weight is 282 g/mol. The second-order valence-corrected chi connectivity index (χ2v) is 4.46. The Morgan fingerprint density at radius 3 is 2.10 bits per heavy atom. The molecular formula is C18H18O3. The number of carbonyl (C=O) groups excluding carboxylic acids is 1. The van der Waals surface area contributed by atoms with Crippen LogP contribution in [0.2, 0.25) is 0 Å². The van der Waals surface area contributed by atoms with Gasteiger partial charge in [-0.1, -0.05) is 48.5 Å². The van der Waals surface area contributed by atoms with Crippen molar-refractivity contribution >= 4 is 11.7 Å². The first kappa shape index (κ1) is 14.9. The largest absolute Gasteiger partial charge is 0.463 e. The Bertz CT molecular complexity index is 615. The minimum absolute atomic E-state index is 0.337. The lowest BCUT2D eigenvalue weighted by Crippen LogP contribution is -2.10. The lowest BCUT2D eigenvalue weighted by Gasteiger charge is -2.13. The van der Waals surface area contributed by atoms with Crippen molar-refractivity contribution in [3.05, 3.63) is 71.8 Å². The van der Waals surface area contributed by atoms with Crippen molar-refractivity contribution in [3.8, 4) is 5.75 Å². The molecule has 0 atom stereocenters. The second-order valence-electron chi connectivity index (χ2n) is 4.46. The maximum Gasteiger partial charge on any atom is 0.337 e. The van der Waals surface area contributed by atoms with Crippen LogP contribution in [-0.4, -0.2) is 12.6 Å². The molecule has 21 heavy (non-hydrogen) atoms. The van der Waals surface area contributed by atoms with Gasteiger partial charge in [0.2, 0.25) is 0 Å². The quantitative estimate of drug-likeness (QED) is 0.471. The highest BCUT2D eigenvalue weighted by molar-refractivity contribution is 5.95. The molecule has 0 fully saturated rings. The Labute approximate surface area is 124 Å². The molecule has 0 aromatic heterocycles. The predicted octanol–water partition coefficient (Wildman–Crippen LogP) is 4.06. The van der Waals surface area contributed by atoms with Gasteiger partial charge in [0.1, 0.15) is 11.5 Å². The topological polar surface area (TPSA) is 35.5 Å². The molecule has 2 rings (SSSR count). The first-order chi connectivity index (χ1) is 10.2. The van der Waals surface area contributed by atoms with E-state index in [-0.39, 0.29) is 5.97 Å². The molecule has 0 saturated carbocycles. The molecule has 0 amide bonds. The van der Waals surface area contributed by atoms with Crippen LogP contribution >= 0.6 is 0 Å². The van der Waals surface area contributed by atoms with Gasteiger partial charge in [0.05, 0.1) is 12.2 Å². The molecule has 0 unspecified atom stereocenters. The fraction of sp³-hybridized carbons (Fsp3) is 0.167. The van der Waals surface area contributed by atoms with Gasteiger partial charge >= 0.3 is 5.97 Å². The SMILES string of the molecule is CCOC(=O)/C(C)=C(\Oc1ccccc1)c1ccccc1. The monoisotopic (exact) mass is 282 g/mol. The number of carbonyl (C=O) groups is 1. The summed E-state index contributed by atoms with van der Waals surface area (Å²) in [5.74, 6) is 0.826. The van der Waals surface area contributed by atoms with Crippen molar-refractivity contribution < 1.29 is 14.3 Å². The molecule has 3 heteroatoms. The predicted molar refractivity (Wildman–Crippen MR) is 82.7 cm³/mol. The third-order valence-electron chi connectivity index (χ3n) is 2.92. The van der Waals surface area contributed by atoms with E-state index in [1.807, 2.05) is 60.7 Å². The van der Waals surface area contributed by atoms with Gasteiger partial charge < -0.3 is 9.47 Å². The summed E-state index contributed by atoms with van der Waals surface area (Å²) >= 11 is 0. The van der Waals surface area contributed by atoms with Gasteiger partial charge in [0.15, 0.2) is 0 Å². The Morgan fingerprint density at radius 2 is 1.52 bits per heavy atom. The van der Waals surface area contributed by atoms with E-state index in [2.05, 4.69) is 0 Å².